The van der Waals surface area contributed by atoms with E-state index in [4.69, 9.17) is 5.53 Å². The van der Waals surface area contributed by atoms with E-state index in [2.05, 4.69) is 19.7 Å². The van der Waals surface area contributed by atoms with Crippen molar-refractivity contribution in [3.05, 3.63) is 40.0 Å². The van der Waals surface area contributed by atoms with E-state index in [1.165, 1.54) is 25.4 Å². The van der Waals surface area contributed by atoms with E-state index in [9.17, 15) is 15.0 Å². The Kier molecular flexibility index (Phi) is 5.74. The van der Waals surface area contributed by atoms with Crippen LogP contribution in [0.4, 0.5) is 0 Å². The van der Waals surface area contributed by atoms with Crippen LogP contribution in [0.1, 0.15) is 28.6 Å². The van der Waals surface area contributed by atoms with Gasteiger partial charge < -0.3 is 14.9 Å². The maximum absolute atomic E-state index is 11.3. The molecule has 0 bridgehead atoms. The summed E-state index contributed by atoms with van der Waals surface area (Å²) in [6.07, 6.45) is -0.968. The van der Waals surface area contributed by atoms with Gasteiger partial charge in [0.15, 0.2) is 0 Å². The maximum atomic E-state index is 11.3. The summed E-state index contributed by atoms with van der Waals surface area (Å²) < 4.78 is 4.54. The third kappa shape index (κ3) is 4.22. The van der Waals surface area contributed by atoms with Crippen LogP contribution in [-0.4, -0.2) is 40.9 Å². The number of azide groups is 1. The molecule has 2 N–H and O–H groups in total. The number of hydrogen-bond acceptors (Lipinski definition) is 6. The predicted octanol–water partition coefficient (Wildman–Crippen LogP) is 0.963. The first kappa shape index (κ1) is 14.9. The highest BCUT2D eigenvalue weighted by atomic mass is 16.5. The number of rotatable bonds is 6. The highest BCUT2D eigenvalue weighted by Crippen LogP contribution is 2.18. The fourth-order valence-corrected chi connectivity index (χ4v) is 1.44. The summed E-state index contributed by atoms with van der Waals surface area (Å²) >= 11 is 0. The second-order valence-electron chi connectivity index (χ2n) is 3.72. The van der Waals surface area contributed by atoms with Crippen LogP contribution >= 0.6 is 0 Å². The lowest BCUT2D eigenvalue weighted by atomic mass is 10.1. The zero-order valence-electron chi connectivity index (χ0n) is 10.3. The molecule has 0 saturated heterocycles. The molecule has 2 atom stereocenters. The summed E-state index contributed by atoms with van der Waals surface area (Å²) in [6.45, 7) is 0.0609. The van der Waals surface area contributed by atoms with Crippen molar-refractivity contribution in [1.29, 1.82) is 0 Å². The van der Waals surface area contributed by atoms with Gasteiger partial charge in [-0.3, -0.25) is 4.98 Å². The third-order valence-electron chi connectivity index (χ3n) is 2.46. The van der Waals surface area contributed by atoms with Gasteiger partial charge in [-0.1, -0.05) is 5.11 Å². The molecule has 0 aromatic carbocycles. The monoisotopic (exact) mass is 266 g/mol. The van der Waals surface area contributed by atoms with Gasteiger partial charge in [0.1, 0.15) is 6.10 Å². The standard InChI is InChI=1S/C11H14N4O4/c1-19-11(18)7-2-4-13-8(6-7)10(17)9(16)3-5-14-15-12/h2,4,6,9-10,16-17H,3,5H2,1H3. The molecule has 0 fully saturated rings. The lowest BCUT2D eigenvalue weighted by Gasteiger charge is -2.16. The average Bonchev–Trinajstić information content (AvgIpc) is 2.45. The molecule has 19 heavy (non-hydrogen) atoms. The van der Waals surface area contributed by atoms with Gasteiger partial charge in [-0.25, -0.2) is 4.79 Å². The smallest absolute Gasteiger partial charge is 0.337 e. The summed E-state index contributed by atoms with van der Waals surface area (Å²) in [5.74, 6) is -0.556. The number of aromatic nitrogens is 1. The van der Waals surface area contributed by atoms with Gasteiger partial charge in [0, 0.05) is 17.7 Å². The first-order chi connectivity index (χ1) is 9.10. The van der Waals surface area contributed by atoms with E-state index in [1.54, 1.807) is 0 Å². The Balaban J connectivity index is 2.78. The van der Waals surface area contributed by atoms with Crippen LogP contribution in [0.15, 0.2) is 23.4 Å². The minimum Gasteiger partial charge on any atom is -0.465 e. The van der Waals surface area contributed by atoms with E-state index >= 15 is 0 Å². The minimum absolute atomic E-state index is 0.0609. The van der Waals surface area contributed by atoms with E-state index < -0.39 is 18.2 Å². The van der Waals surface area contributed by atoms with Crippen LogP contribution in [0, 0.1) is 0 Å². The van der Waals surface area contributed by atoms with Crippen molar-refractivity contribution in [2.75, 3.05) is 13.7 Å². The number of pyridine rings is 1. The molecule has 2 unspecified atom stereocenters. The second-order valence-corrected chi connectivity index (χ2v) is 3.72. The van der Waals surface area contributed by atoms with Gasteiger partial charge in [0.25, 0.3) is 0 Å². The first-order valence-corrected chi connectivity index (χ1v) is 5.51. The Bertz CT molecular complexity index is 487. The Labute approximate surface area is 109 Å². The first-order valence-electron chi connectivity index (χ1n) is 5.51. The summed E-state index contributed by atoms with van der Waals surface area (Å²) in [5.41, 5.74) is 8.49. The Morgan fingerprint density at radius 2 is 2.37 bits per heavy atom. The number of nitrogens with zero attached hydrogens (tertiary/aromatic N) is 4. The lowest BCUT2D eigenvalue weighted by molar-refractivity contribution is 0.0124. The molecule has 0 aliphatic heterocycles. The van der Waals surface area contributed by atoms with E-state index in [0.29, 0.717) is 0 Å². The molecule has 8 nitrogen and oxygen atoms in total. The zero-order chi connectivity index (χ0) is 14.3. The van der Waals surface area contributed by atoms with Crippen molar-refractivity contribution in [1.82, 2.24) is 4.98 Å². The molecule has 1 aromatic rings. The van der Waals surface area contributed by atoms with Gasteiger partial charge in [-0.15, -0.1) is 0 Å². The molecular weight excluding hydrogens is 252 g/mol. The molecule has 102 valence electrons. The molecule has 0 amide bonds. The van der Waals surface area contributed by atoms with Crippen LogP contribution < -0.4 is 0 Å². The predicted molar refractivity (Wildman–Crippen MR) is 65.2 cm³/mol. The van der Waals surface area contributed by atoms with Crippen molar-refractivity contribution in [2.45, 2.75) is 18.6 Å². The molecule has 0 aliphatic carbocycles. The number of aliphatic hydroxyl groups excluding tert-OH is 2. The quantitative estimate of drug-likeness (QED) is 0.343. The zero-order valence-corrected chi connectivity index (χ0v) is 10.3. The Morgan fingerprint density at radius 3 is 3.00 bits per heavy atom. The summed E-state index contributed by atoms with van der Waals surface area (Å²) in [7, 11) is 1.24. The van der Waals surface area contributed by atoms with Crippen molar-refractivity contribution in [2.24, 2.45) is 5.11 Å². The van der Waals surface area contributed by atoms with Crippen LogP contribution in [0.25, 0.3) is 10.4 Å². The lowest BCUT2D eigenvalue weighted by Crippen LogP contribution is -2.20. The number of hydrogen-bond donors (Lipinski definition) is 2. The number of ether oxygens (including phenoxy) is 1. The highest BCUT2D eigenvalue weighted by molar-refractivity contribution is 5.89. The van der Waals surface area contributed by atoms with E-state index in [-0.39, 0.29) is 24.2 Å². The summed E-state index contributed by atoms with van der Waals surface area (Å²) in [6, 6.07) is 2.78. The van der Waals surface area contributed by atoms with Gasteiger partial charge in [-0.2, -0.15) is 0 Å². The van der Waals surface area contributed by atoms with Crippen molar-refractivity contribution in [3.63, 3.8) is 0 Å². The topological polar surface area (TPSA) is 128 Å². The summed E-state index contributed by atoms with van der Waals surface area (Å²) in [5, 5.41) is 22.8. The van der Waals surface area contributed by atoms with Crippen molar-refractivity contribution >= 4 is 5.97 Å². The van der Waals surface area contributed by atoms with E-state index in [0.717, 1.165) is 0 Å². The van der Waals surface area contributed by atoms with Gasteiger partial charge >= 0.3 is 5.97 Å². The number of carbonyl (C=O) groups excluding carboxylic acids is 1. The van der Waals surface area contributed by atoms with Gasteiger partial charge in [0.05, 0.1) is 24.5 Å². The van der Waals surface area contributed by atoms with Crippen LogP contribution in [0.3, 0.4) is 0 Å². The number of carbonyl (C=O) groups is 1. The third-order valence-corrected chi connectivity index (χ3v) is 2.46. The SMILES string of the molecule is COC(=O)c1ccnc(C(O)C(O)CCN=[N+]=[N-])c1. The Hall–Kier alpha value is -2.15. The number of methoxy groups -OCH3 is 1. The summed E-state index contributed by atoms with van der Waals surface area (Å²) in [4.78, 5) is 17.7. The average molecular weight is 266 g/mol. The molecule has 1 rings (SSSR count). The molecule has 0 spiro atoms. The van der Waals surface area contributed by atoms with Crippen molar-refractivity contribution < 1.29 is 19.7 Å². The van der Waals surface area contributed by atoms with E-state index in [1.807, 2.05) is 0 Å². The van der Waals surface area contributed by atoms with Gasteiger partial charge in [-0.05, 0) is 24.1 Å². The second kappa shape index (κ2) is 7.32. The molecular formula is C11H14N4O4. The fraction of sp³-hybridized carbons (Fsp3) is 0.455. The number of esters is 1. The Morgan fingerprint density at radius 1 is 1.63 bits per heavy atom. The fourth-order valence-electron chi connectivity index (χ4n) is 1.44. The molecule has 0 saturated carbocycles. The molecule has 0 radical (unpaired) electrons. The van der Waals surface area contributed by atoms with Crippen LogP contribution in [0.2, 0.25) is 0 Å². The van der Waals surface area contributed by atoms with Crippen LogP contribution in [-0.2, 0) is 4.74 Å². The molecule has 0 aliphatic rings. The number of aliphatic hydroxyl groups is 2. The molecule has 1 heterocycles. The largest absolute Gasteiger partial charge is 0.465 e. The normalized spacial score (nSPS) is 13.2. The maximum Gasteiger partial charge on any atom is 0.337 e. The van der Waals surface area contributed by atoms with Gasteiger partial charge in [0.2, 0.25) is 0 Å². The molecule has 8 heteroatoms. The molecule has 1 aromatic heterocycles. The van der Waals surface area contributed by atoms with Crippen LogP contribution in [0.5, 0.6) is 0 Å². The highest BCUT2D eigenvalue weighted by Gasteiger charge is 2.20. The van der Waals surface area contributed by atoms with Crippen molar-refractivity contribution in [3.8, 4) is 0 Å². The minimum atomic E-state index is -1.27.